The molecule has 0 aliphatic rings. The minimum Gasteiger partial charge on any atom is -0.476 e. The molecule has 3 aromatic rings. The van der Waals surface area contributed by atoms with Crippen LogP contribution < -0.4 is 10.1 Å². The van der Waals surface area contributed by atoms with Gasteiger partial charge in [-0.1, -0.05) is 37.6 Å². The van der Waals surface area contributed by atoms with Crippen LogP contribution in [0.4, 0.5) is 4.39 Å². The third-order valence-electron chi connectivity index (χ3n) is 4.27. The van der Waals surface area contributed by atoms with Gasteiger partial charge < -0.3 is 10.1 Å². The van der Waals surface area contributed by atoms with Gasteiger partial charge in [0.25, 0.3) is 0 Å². The van der Waals surface area contributed by atoms with E-state index in [4.69, 9.17) is 16.3 Å². The first-order chi connectivity index (χ1) is 14.0. The maximum Gasteiger partial charge on any atom is 0.222 e. The molecular formula is C22H21ClFN3O2. The third kappa shape index (κ3) is 5.29. The minimum atomic E-state index is -0.311. The Hall–Kier alpha value is -2.99. The normalized spacial score (nSPS) is 10.8. The van der Waals surface area contributed by atoms with Gasteiger partial charge in [-0.2, -0.15) is 0 Å². The number of pyridine rings is 2. The average Bonchev–Trinajstić information content (AvgIpc) is 2.72. The van der Waals surface area contributed by atoms with Crippen LogP contribution in [0, 0.1) is 11.7 Å². The van der Waals surface area contributed by atoms with E-state index < -0.39 is 0 Å². The summed E-state index contributed by atoms with van der Waals surface area (Å²) >= 11 is 6.36. The van der Waals surface area contributed by atoms with Crippen LogP contribution in [0.15, 0.2) is 55.0 Å². The van der Waals surface area contributed by atoms with Crippen molar-refractivity contribution in [2.75, 3.05) is 13.2 Å². The highest BCUT2D eigenvalue weighted by atomic mass is 35.5. The number of benzene rings is 1. The van der Waals surface area contributed by atoms with Crippen LogP contribution in [0.5, 0.6) is 5.88 Å². The van der Waals surface area contributed by atoms with E-state index in [1.807, 2.05) is 13.8 Å². The van der Waals surface area contributed by atoms with Crippen LogP contribution in [0.2, 0.25) is 5.02 Å². The van der Waals surface area contributed by atoms with Crippen molar-refractivity contribution in [3.63, 3.8) is 0 Å². The molecule has 1 aromatic carbocycles. The lowest BCUT2D eigenvalue weighted by Gasteiger charge is -2.14. The first-order valence-corrected chi connectivity index (χ1v) is 9.60. The summed E-state index contributed by atoms with van der Waals surface area (Å²) in [5.41, 5.74) is 3.15. The van der Waals surface area contributed by atoms with E-state index in [9.17, 15) is 9.18 Å². The van der Waals surface area contributed by atoms with Crippen molar-refractivity contribution in [3.8, 4) is 28.1 Å². The molecule has 0 saturated carbocycles. The molecule has 0 spiro atoms. The number of ether oxygens (including phenoxy) is 1. The molecular weight excluding hydrogens is 393 g/mol. The fourth-order valence-electron chi connectivity index (χ4n) is 2.73. The van der Waals surface area contributed by atoms with Crippen LogP contribution in [0.1, 0.15) is 13.8 Å². The summed E-state index contributed by atoms with van der Waals surface area (Å²) < 4.78 is 19.0. The number of nitrogens with one attached hydrogen (secondary N) is 1. The largest absolute Gasteiger partial charge is 0.476 e. The maximum atomic E-state index is 13.3. The zero-order valence-corrected chi connectivity index (χ0v) is 16.9. The first kappa shape index (κ1) is 20.7. The fraction of sp³-hybridized carbons (Fsp3) is 0.227. The average molecular weight is 414 g/mol. The summed E-state index contributed by atoms with van der Waals surface area (Å²) in [6.45, 7) is 4.32. The number of hydrogen-bond acceptors (Lipinski definition) is 4. The lowest BCUT2D eigenvalue weighted by molar-refractivity contribution is -0.124. The first-order valence-electron chi connectivity index (χ1n) is 9.22. The summed E-state index contributed by atoms with van der Waals surface area (Å²) in [6, 6.07) is 9.76. The SMILES string of the molecule is CC(C)C(=O)NCCOc1cc(-c2ccncc2Cl)c(-c2ccc(F)cc2)cn1. The molecule has 0 fully saturated rings. The van der Waals surface area contributed by atoms with Crippen LogP contribution in [-0.2, 0) is 4.79 Å². The zero-order valence-electron chi connectivity index (χ0n) is 16.2. The smallest absolute Gasteiger partial charge is 0.222 e. The van der Waals surface area contributed by atoms with E-state index in [0.29, 0.717) is 17.4 Å². The van der Waals surface area contributed by atoms with Gasteiger partial charge in [-0.3, -0.25) is 9.78 Å². The zero-order chi connectivity index (χ0) is 20.8. The van der Waals surface area contributed by atoms with Crippen molar-refractivity contribution < 1.29 is 13.9 Å². The number of carbonyl (C=O) groups is 1. The Morgan fingerprint density at radius 1 is 1.14 bits per heavy atom. The number of aromatic nitrogens is 2. The summed E-state index contributed by atoms with van der Waals surface area (Å²) in [5.74, 6) is -0.0211. The van der Waals surface area contributed by atoms with Gasteiger partial charge in [0.15, 0.2) is 0 Å². The molecule has 2 heterocycles. The molecule has 0 radical (unpaired) electrons. The van der Waals surface area contributed by atoms with E-state index in [-0.39, 0.29) is 24.2 Å². The quantitative estimate of drug-likeness (QED) is 0.567. The lowest BCUT2D eigenvalue weighted by Crippen LogP contribution is -2.31. The molecule has 7 heteroatoms. The predicted molar refractivity (Wildman–Crippen MR) is 111 cm³/mol. The number of halogens is 2. The highest BCUT2D eigenvalue weighted by Crippen LogP contribution is 2.36. The van der Waals surface area contributed by atoms with Crippen molar-refractivity contribution >= 4 is 17.5 Å². The number of rotatable bonds is 7. The number of hydrogen-bond donors (Lipinski definition) is 1. The van der Waals surface area contributed by atoms with Gasteiger partial charge in [-0.25, -0.2) is 9.37 Å². The fourth-order valence-corrected chi connectivity index (χ4v) is 2.95. The molecule has 0 saturated heterocycles. The van der Waals surface area contributed by atoms with Crippen molar-refractivity contribution in [1.29, 1.82) is 0 Å². The monoisotopic (exact) mass is 413 g/mol. The molecule has 2 aromatic heterocycles. The molecule has 1 N–H and O–H groups in total. The Labute approximate surface area is 173 Å². The molecule has 0 atom stereocenters. The Bertz CT molecular complexity index is 994. The van der Waals surface area contributed by atoms with Gasteiger partial charge in [0.2, 0.25) is 11.8 Å². The van der Waals surface area contributed by atoms with Crippen molar-refractivity contribution in [1.82, 2.24) is 15.3 Å². The van der Waals surface area contributed by atoms with Gasteiger partial charge in [0.1, 0.15) is 12.4 Å². The lowest BCUT2D eigenvalue weighted by atomic mass is 9.97. The van der Waals surface area contributed by atoms with Gasteiger partial charge in [-0.15, -0.1) is 0 Å². The Morgan fingerprint density at radius 2 is 1.90 bits per heavy atom. The molecule has 0 aliphatic carbocycles. The Kier molecular flexibility index (Phi) is 6.77. The van der Waals surface area contributed by atoms with E-state index in [1.54, 1.807) is 42.9 Å². The molecule has 5 nitrogen and oxygen atoms in total. The highest BCUT2D eigenvalue weighted by Gasteiger charge is 2.14. The molecule has 1 amide bonds. The van der Waals surface area contributed by atoms with Gasteiger partial charge >= 0.3 is 0 Å². The Balaban J connectivity index is 1.87. The van der Waals surface area contributed by atoms with E-state index in [2.05, 4.69) is 15.3 Å². The topological polar surface area (TPSA) is 64.1 Å². The summed E-state index contributed by atoms with van der Waals surface area (Å²) in [5, 5.41) is 3.28. The van der Waals surface area contributed by atoms with E-state index >= 15 is 0 Å². The van der Waals surface area contributed by atoms with Gasteiger partial charge in [0.05, 0.1) is 11.6 Å². The van der Waals surface area contributed by atoms with Crippen LogP contribution in [0.3, 0.4) is 0 Å². The van der Waals surface area contributed by atoms with Gasteiger partial charge in [0, 0.05) is 41.7 Å². The summed E-state index contributed by atoms with van der Waals surface area (Å²) in [7, 11) is 0. The van der Waals surface area contributed by atoms with Crippen molar-refractivity contribution in [2.45, 2.75) is 13.8 Å². The third-order valence-corrected chi connectivity index (χ3v) is 4.57. The summed E-state index contributed by atoms with van der Waals surface area (Å²) in [4.78, 5) is 20.0. The number of carbonyl (C=O) groups excluding carboxylic acids is 1. The molecule has 150 valence electrons. The maximum absolute atomic E-state index is 13.3. The minimum absolute atomic E-state index is 0.0301. The second kappa shape index (κ2) is 9.47. The second-order valence-corrected chi connectivity index (χ2v) is 7.13. The van der Waals surface area contributed by atoms with Gasteiger partial charge in [-0.05, 0) is 29.3 Å². The number of amides is 1. The standard InChI is InChI=1S/C22H21ClFN3O2/c1-14(2)22(28)26-9-10-29-21-11-18(17-7-8-25-13-20(17)23)19(12-27-21)15-3-5-16(24)6-4-15/h3-8,11-14H,9-10H2,1-2H3,(H,26,28). The van der Waals surface area contributed by atoms with E-state index in [1.165, 1.54) is 12.1 Å². The van der Waals surface area contributed by atoms with E-state index in [0.717, 1.165) is 22.3 Å². The van der Waals surface area contributed by atoms with Crippen molar-refractivity contribution in [2.24, 2.45) is 5.92 Å². The van der Waals surface area contributed by atoms with Crippen LogP contribution in [-0.4, -0.2) is 29.0 Å². The van der Waals surface area contributed by atoms with Crippen LogP contribution >= 0.6 is 11.6 Å². The predicted octanol–water partition coefficient (Wildman–Crippen LogP) is 4.75. The molecule has 0 bridgehead atoms. The van der Waals surface area contributed by atoms with Crippen molar-refractivity contribution in [3.05, 3.63) is 65.8 Å². The highest BCUT2D eigenvalue weighted by molar-refractivity contribution is 6.33. The molecule has 0 aliphatic heterocycles. The number of nitrogens with zero attached hydrogens (tertiary/aromatic N) is 2. The molecule has 3 rings (SSSR count). The molecule has 29 heavy (non-hydrogen) atoms. The second-order valence-electron chi connectivity index (χ2n) is 6.72. The van der Waals surface area contributed by atoms with Crippen LogP contribution in [0.25, 0.3) is 22.3 Å². The Morgan fingerprint density at radius 3 is 2.59 bits per heavy atom. The summed E-state index contributed by atoms with van der Waals surface area (Å²) in [6.07, 6.45) is 4.88. The molecule has 0 unspecified atom stereocenters.